The summed E-state index contributed by atoms with van der Waals surface area (Å²) < 4.78 is 0. The van der Waals surface area contributed by atoms with Crippen LogP contribution in [0.5, 0.6) is 0 Å². The third-order valence-electron chi connectivity index (χ3n) is 3.77. The summed E-state index contributed by atoms with van der Waals surface area (Å²) in [7, 11) is 0. The zero-order valence-electron chi connectivity index (χ0n) is 11.8. The molecule has 1 aromatic heterocycles. The topological polar surface area (TPSA) is 33.2 Å². The summed E-state index contributed by atoms with van der Waals surface area (Å²) in [5.41, 5.74) is 3.63. The Kier molecular flexibility index (Phi) is 3.57. The molecule has 1 aliphatic heterocycles. The summed E-state index contributed by atoms with van der Waals surface area (Å²) in [6.07, 6.45) is 1.46. The van der Waals surface area contributed by atoms with Gasteiger partial charge in [-0.15, -0.1) is 11.3 Å². The van der Waals surface area contributed by atoms with Gasteiger partial charge in [0.25, 0.3) is 0 Å². The van der Waals surface area contributed by atoms with Gasteiger partial charge in [0, 0.05) is 17.8 Å². The number of rotatable bonds is 2. The monoisotopic (exact) mass is 286 g/mol. The first-order valence-electron chi connectivity index (χ1n) is 6.91. The Balaban J connectivity index is 1.85. The second-order valence-electron chi connectivity index (χ2n) is 5.26. The number of benzene rings is 1. The van der Waals surface area contributed by atoms with Crippen molar-refractivity contribution in [3.8, 4) is 0 Å². The molecule has 0 saturated carbocycles. The van der Waals surface area contributed by atoms with Crippen molar-refractivity contribution in [2.45, 2.75) is 39.8 Å². The lowest BCUT2D eigenvalue weighted by molar-refractivity contribution is -0.132. The molecule has 3 nitrogen and oxygen atoms in total. The average Bonchev–Trinajstić information content (AvgIpc) is 2.65. The molecular formula is C16H18N2OS. The maximum absolute atomic E-state index is 12.3. The first-order chi connectivity index (χ1) is 9.63. The van der Waals surface area contributed by atoms with Crippen molar-refractivity contribution in [1.82, 2.24) is 9.88 Å². The van der Waals surface area contributed by atoms with Crippen molar-refractivity contribution in [2.75, 3.05) is 0 Å². The number of fused-ring (bicyclic) bond motifs is 1. The molecule has 104 valence electrons. The van der Waals surface area contributed by atoms with E-state index in [1.165, 1.54) is 16.0 Å². The summed E-state index contributed by atoms with van der Waals surface area (Å²) in [4.78, 5) is 19.9. The SMILES string of the molecule is Cc1nc(C)c(CN2Cc3ccccc3CCC2=O)s1. The van der Waals surface area contributed by atoms with Crippen LogP contribution in [-0.2, 0) is 24.3 Å². The van der Waals surface area contributed by atoms with Gasteiger partial charge in [-0.2, -0.15) is 0 Å². The Hall–Kier alpha value is -1.68. The number of hydrogen-bond acceptors (Lipinski definition) is 3. The first-order valence-corrected chi connectivity index (χ1v) is 7.72. The van der Waals surface area contributed by atoms with E-state index >= 15 is 0 Å². The van der Waals surface area contributed by atoms with E-state index in [1.807, 2.05) is 18.7 Å². The van der Waals surface area contributed by atoms with Crippen molar-refractivity contribution < 1.29 is 4.79 Å². The molecular weight excluding hydrogens is 268 g/mol. The predicted octanol–water partition coefficient (Wildman–Crippen LogP) is 3.23. The van der Waals surface area contributed by atoms with E-state index in [-0.39, 0.29) is 5.91 Å². The van der Waals surface area contributed by atoms with Crippen LogP contribution in [0.25, 0.3) is 0 Å². The van der Waals surface area contributed by atoms with Gasteiger partial charge in [0.15, 0.2) is 0 Å². The van der Waals surface area contributed by atoms with Gasteiger partial charge in [0.2, 0.25) is 5.91 Å². The molecule has 1 amide bonds. The third kappa shape index (κ3) is 2.61. The van der Waals surface area contributed by atoms with Gasteiger partial charge in [-0.3, -0.25) is 4.79 Å². The predicted molar refractivity (Wildman–Crippen MR) is 80.6 cm³/mol. The lowest BCUT2D eigenvalue weighted by atomic mass is 10.0. The summed E-state index contributed by atoms with van der Waals surface area (Å²) in [5.74, 6) is 0.242. The molecule has 0 spiro atoms. The molecule has 0 radical (unpaired) electrons. The number of thiazole rings is 1. The molecule has 0 N–H and O–H groups in total. The van der Waals surface area contributed by atoms with Gasteiger partial charge in [-0.25, -0.2) is 4.98 Å². The standard InChI is InChI=1S/C16H18N2OS/c1-11-15(20-12(2)17-11)10-18-9-14-6-4-3-5-13(14)7-8-16(18)19/h3-6H,7-10H2,1-2H3. The van der Waals surface area contributed by atoms with E-state index in [0.29, 0.717) is 19.5 Å². The Morgan fingerprint density at radius 3 is 2.65 bits per heavy atom. The second kappa shape index (κ2) is 5.37. The lowest BCUT2D eigenvalue weighted by Crippen LogP contribution is -2.28. The van der Waals surface area contributed by atoms with Crippen LogP contribution in [0.4, 0.5) is 0 Å². The quantitative estimate of drug-likeness (QED) is 0.849. The Morgan fingerprint density at radius 2 is 1.95 bits per heavy atom. The molecule has 4 heteroatoms. The van der Waals surface area contributed by atoms with Crippen LogP contribution in [0.2, 0.25) is 0 Å². The summed E-state index contributed by atoms with van der Waals surface area (Å²) >= 11 is 1.69. The first kappa shape index (κ1) is 13.3. The molecule has 3 rings (SSSR count). The summed E-state index contributed by atoms with van der Waals surface area (Å²) in [6, 6.07) is 8.37. The molecule has 0 atom stereocenters. The molecule has 0 saturated heterocycles. The molecule has 1 aliphatic rings. The van der Waals surface area contributed by atoms with Crippen LogP contribution in [0, 0.1) is 13.8 Å². The maximum Gasteiger partial charge on any atom is 0.223 e. The normalized spacial score (nSPS) is 15.1. The average molecular weight is 286 g/mol. The van der Waals surface area contributed by atoms with Gasteiger partial charge in [0.05, 0.1) is 17.2 Å². The minimum absolute atomic E-state index is 0.242. The highest BCUT2D eigenvalue weighted by Crippen LogP contribution is 2.24. The zero-order valence-corrected chi connectivity index (χ0v) is 12.7. The van der Waals surface area contributed by atoms with E-state index in [2.05, 4.69) is 29.2 Å². The number of carbonyl (C=O) groups is 1. The van der Waals surface area contributed by atoms with Crippen molar-refractivity contribution in [3.63, 3.8) is 0 Å². The molecule has 20 heavy (non-hydrogen) atoms. The van der Waals surface area contributed by atoms with E-state index in [4.69, 9.17) is 0 Å². The molecule has 0 aliphatic carbocycles. The summed E-state index contributed by atoms with van der Waals surface area (Å²) in [5, 5.41) is 1.07. The number of aromatic nitrogens is 1. The van der Waals surface area contributed by atoms with Crippen LogP contribution in [0.15, 0.2) is 24.3 Å². The maximum atomic E-state index is 12.3. The van der Waals surface area contributed by atoms with Gasteiger partial charge in [-0.1, -0.05) is 24.3 Å². The Labute approximate surface area is 123 Å². The fraction of sp³-hybridized carbons (Fsp3) is 0.375. The molecule has 2 heterocycles. The second-order valence-corrected chi connectivity index (χ2v) is 6.55. The van der Waals surface area contributed by atoms with E-state index in [0.717, 1.165) is 17.1 Å². The highest BCUT2D eigenvalue weighted by atomic mass is 32.1. The largest absolute Gasteiger partial charge is 0.333 e. The van der Waals surface area contributed by atoms with E-state index in [9.17, 15) is 4.79 Å². The van der Waals surface area contributed by atoms with Crippen molar-refractivity contribution in [2.24, 2.45) is 0 Å². The Morgan fingerprint density at radius 1 is 1.20 bits per heavy atom. The van der Waals surface area contributed by atoms with Gasteiger partial charge in [0.1, 0.15) is 0 Å². The number of aryl methyl sites for hydroxylation is 3. The van der Waals surface area contributed by atoms with Crippen LogP contribution in [0.1, 0.15) is 33.1 Å². The number of nitrogens with zero attached hydrogens (tertiary/aromatic N) is 2. The van der Waals surface area contributed by atoms with Crippen LogP contribution in [0.3, 0.4) is 0 Å². The van der Waals surface area contributed by atoms with E-state index < -0.39 is 0 Å². The van der Waals surface area contributed by atoms with Gasteiger partial charge < -0.3 is 4.90 Å². The third-order valence-corrected chi connectivity index (χ3v) is 4.83. The number of amides is 1. The van der Waals surface area contributed by atoms with Crippen LogP contribution < -0.4 is 0 Å². The van der Waals surface area contributed by atoms with Gasteiger partial charge in [-0.05, 0) is 31.4 Å². The Bertz CT molecular complexity index is 648. The molecule has 0 bridgehead atoms. The molecule has 1 aromatic carbocycles. The molecule has 0 unspecified atom stereocenters. The minimum Gasteiger partial charge on any atom is -0.333 e. The number of carbonyl (C=O) groups excluding carboxylic acids is 1. The van der Waals surface area contributed by atoms with Crippen molar-refractivity contribution >= 4 is 17.2 Å². The highest BCUT2D eigenvalue weighted by molar-refractivity contribution is 7.11. The molecule has 0 fully saturated rings. The van der Waals surface area contributed by atoms with Gasteiger partial charge >= 0.3 is 0 Å². The fourth-order valence-electron chi connectivity index (χ4n) is 2.69. The van der Waals surface area contributed by atoms with Crippen molar-refractivity contribution in [1.29, 1.82) is 0 Å². The number of hydrogen-bond donors (Lipinski definition) is 0. The highest BCUT2D eigenvalue weighted by Gasteiger charge is 2.21. The van der Waals surface area contributed by atoms with Crippen LogP contribution in [-0.4, -0.2) is 15.8 Å². The molecule has 2 aromatic rings. The van der Waals surface area contributed by atoms with Crippen molar-refractivity contribution in [3.05, 3.63) is 51.0 Å². The van der Waals surface area contributed by atoms with E-state index in [1.54, 1.807) is 11.3 Å². The minimum atomic E-state index is 0.242. The lowest BCUT2D eigenvalue weighted by Gasteiger charge is -2.20. The zero-order chi connectivity index (χ0) is 14.1. The fourth-order valence-corrected chi connectivity index (χ4v) is 3.64. The summed E-state index contributed by atoms with van der Waals surface area (Å²) in [6.45, 7) is 5.44. The smallest absolute Gasteiger partial charge is 0.223 e. The van der Waals surface area contributed by atoms with Crippen LogP contribution >= 0.6 is 11.3 Å².